The molecule has 5 heteroatoms. The Bertz CT molecular complexity index is 595. The molecule has 0 bridgehead atoms. The van der Waals surface area contributed by atoms with Gasteiger partial charge in [-0.15, -0.1) is 0 Å². The van der Waals surface area contributed by atoms with E-state index in [1.54, 1.807) is 18.2 Å². The van der Waals surface area contributed by atoms with Crippen LogP contribution in [0.2, 0.25) is 10.0 Å². The highest BCUT2D eigenvalue weighted by Crippen LogP contribution is 2.29. The number of hydrogen-bond donors (Lipinski definition) is 2. The number of benzene rings is 2. The van der Waals surface area contributed by atoms with Crippen LogP contribution in [-0.2, 0) is 6.54 Å². The van der Waals surface area contributed by atoms with Gasteiger partial charge >= 0.3 is 0 Å². The van der Waals surface area contributed by atoms with E-state index in [2.05, 4.69) is 5.32 Å². The minimum atomic E-state index is 0.181. The first-order valence-electron chi connectivity index (χ1n) is 6.16. The van der Waals surface area contributed by atoms with Gasteiger partial charge in [0.1, 0.15) is 5.75 Å². The van der Waals surface area contributed by atoms with Crippen molar-refractivity contribution in [2.24, 2.45) is 0 Å². The summed E-state index contributed by atoms with van der Waals surface area (Å²) in [7, 11) is 3.88. The van der Waals surface area contributed by atoms with E-state index in [9.17, 15) is 5.11 Å². The number of hydrogen-bond acceptors (Lipinski definition) is 3. The van der Waals surface area contributed by atoms with Gasteiger partial charge in [0, 0.05) is 36.9 Å². The van der Waals surface area contributed by atoms with Crippen molar-refractivity contribution in [3.8, 4) is 5.75 Å². The highest BCUT2D eigenvalue weighted by atomic mass is 35.5. The molecule has 0 aliphatic heterocycles. The van der Waals surface area contributed by atoms with Gasteiger partial charge in [-0.25, -0.2) is 0 Å². The average molecular weight is 311 g/mol. The Balaban J connectivity index is 2.14. The van der Waals surface area contributed by atoms with Gasteiger partial charge in [0.05, 0.1) is 10.7 Å². The Morgan fingerprint density at radius 1 is 1.10 bits per heavy atom. The third kappa shape index (κ3) is 3.30. The molecule has 0 aliphatic rings. The third-order valence-electron chi connectivity index (χ3n) is 2.99. The van der Waals surface area contributed by atoms with Gasteiger partial charge in [0.2, 0.25) is 0 Å². The van der Waals surface area contributed by atoms with Crippen LogP contribution in [0.15, 0.2) is 36.4 Å². The van der Waals surface area contributed by atoms with Gasteiger partial charge in [-0.05, 0) is 30.3 Å². The number of nitrogens with zero attached hydrogens (tertiary/aromatic N) is 1. The fourth-order valence-corrected chi connectivity index (χ4v) is 2.48. The van der Waals surface area contributed by atoms with Crippen molar-refractivity contribution in [3.63, 3.8) is 0 Å². The van der Waals surface area contributed by atoms with E-state index in [0.717, 1.165) is 11.4 Å². The van der Waals surface area contributed by atoms with Crippen LogP contribution in [-0.4, -0.2) is 19.2 Å². The maximum atomic E-state index is 9.78. The van der Waals surface area contributed by atoms with Crippen molar-refractivity contribution in [2.75, 3.05) is 24.3 Å². The molecule has 2 N–H and O–H groups in total. The van der Waals surface area contributed by atoms with Gasteiger partial charge in [0.15, 0.2) is 0 Å². The summed E-state index contributed by atoms with van der Waals surface area (Å²) >= 11 is 12.3. The Morgan fingerprint density at radius 3 is 2.45 bits per heavy atom. The fraction of sp³-hybridized carbons (Fsp3) is 0.200. The zero-order valence-corrected chi connectivity index (χ0v) is 12.8. The highest BCUT2D eigenvalue weighted by Gasteiger charge is 2.07. The predicted molar refractivity (Wildman–Crippen MR) is 86.2 cm³/mol. The topological polar surface area (TPSA) is 35.5 Å². The molecule has 2 aromatic rings. The minimum Gasteiger partial charge on any atom is -0.508 e. The molecule has 0 saturated heterocycles. The van der Waals surface area contributed by atoms with Crippen LogP contribution < -0.4 is 10.2 Å². The molecule has 3 nitrogen and oxygen atoms in total. The van der Waals surface area contributed by atoms with Gasteiger partial charge in [-0.1, -0.05) is 29.3 Å². The number of rotatable bonds is 4. The summed E-state index contributed by atoms with van der Waals surface area (Å²) in [6, 6.07) is 10.8. The SMILES string of the molecule is CN(C)c1ccc(NCc2c(O)cccc2Cl)cc1Cl. The standard InChI is InChI=1S/C15H16Cl2N2O/c1-19(2)14-7-6-10(8-13(14)17)18-9-11-12(16)4-3-5-15(11)20/h3-8,18,20H,9H2,1-2H3. The minimum absolute atomic E-state index is 0.181. The molecule has 0 atom stereocenters. The van der Waals surface area contributed by atoms with Crippen molar-refractivity contribution in [1.82, 2.24) is 0 Å². The largest absolute Gasteiger partial charge is 0.508 e. The smallest absolute Gasteiger partial charge is 0.122 e. The van der Waals surface area contributed by atoms with Crippen molar-refractivity contribution in [1.29, 1.82) is 0 Å². The van der Waals surface area contributed by atoms with E-state index >= 15 is 0 Å². The lowest BCUT2D eigenvalue weighted by molar-refractivity contribution is 0.469. The lowest BCUT2D eigenvalue weighted by Gasteiger charge is -2.16. The van der Waals surface area contributed by atoms with Crippen LogP contribution in [0.25, 0.3) is 0 Å². The number of nitrogens with one attached hydrogen (secondary N) is 1. The second-order valence-electron chi connectivity index (χ2n) is 4.65. The van der Waals surface area contributed by atoms with Gasteiger partial charge in [-0.2, -0.15) is 0 Å². The molecule has 0 radical (unpaired) electrons. The zero-order chi connectivity index (χ0) is 14.7. The van der Waals surface area contributed by atoms with E-state index in [4.69, 9.17) is 23.2 Å². The molecule has 2 rings (SSSR count). The monoisotopic (exact) mass is 310 g/mol. The number of aromatic hydroxyl groups is 1. The van der Waals surface area contributed by atoms with E-state index < -0.39 is 0 Å². The summed E-state index contributed by atoms with van der Waals surface area (Å²) in [6.07, 6.45) is 0. The second-order valence-corrected chi connectivity index (χ2v) is 5.47. The lowest BCUT2D eigenvalue weighted by Crippen LogP contribution is -2.09. The van der Waals surface area contributed by atoms with Crippen molar-refractivity contribution >= 4 is 34.6 Å². The van der Waals surface area contributed by atoms with Crippen molar-refractivity contribution in [2.45, 2.75) is 6.54 Å². The van der Waals surface area contributed by atoms with Gasteiger partial charge in [-0.3, -0.25) is 0 Å². The molecule has 0 unspecified atom stereocenters. The average Bonchev–Trinajstić information content (AvgIpc) is 2.37. The Labute approximate surface area is 128 Å². The van der Waals surface area contributed by atoms with E-state index in [1.807, 2.05) is 37.2 Å². The first-order valence-corrected chi connectivity index (χ1v) is 6.91. The van der Waals surface area contributed by atoms with Crippen LogP contribution in [0.4, 0.5) is 11.4 Å². The Morgan fingerprint density at radius 2 is 1.85 bits per heavy atom. The molecular formula is C15H16Cl2N2O. The summed E-state index contributed by atoms with van der Waals surface area (Å²) in [5, 5.41) is 14.2. The molecule has 0 saturated carbocycles. The summed E-state index contributed by atoms with van der Waals surface area (Å²) in [6.45, 7) is 0.434. The maximum Gasteiger partial charge on any atom is 0.122 e. The molecule has 0 aliphatic carbocycles. The first kappa shape index (κ1) is 14.8. The van der Waals surface area contributed by atoms with Crippen LogP contribution in [0.3, 0.4) is 0 Å². The number of phenols is 1. The summed E-state index contributed by atoms with van der Waals surface area (Å²) in [5.74, 6) is 0.181. The molecule has 0 amide bonds. The van der Waals surface area contributed by atoms with Crippen LogP contribution in [0.5, 0.6) is 5.75 Å². The molecule has 2 aromatic carbocycles. The third-order valence-corrected chi connectivity index (χ3v) is 3.65. The molecule has 0 spiro atoms. The number of halogens is 2. The van der Waals surface area contributed by atoms with E-state index in [0.29, 0.717) is 22.2 Å². The van der Waals surface area contributed by atoms with Crippen LogP contribution >= 0.6 is 23.2 Å². The van der Waals surface area contributed by atoms with Crippen molar-refractivity contribution < 1.29 is 5.11 Å². The van der Waals surface area contributed by atoms with Crippen LogP contribution in [0, 0.1) is 0 Å². The predicted octanol–water partition coefficient (Wildman–Crippen LogP) is 4.38. The Kier molecular flexibility index (Phi) is 4.63. The molecule has 0 fully saturated rings. The van der Waals surface area contributed by atoms with Crippen LogP contribution in [0.1, 0.15) is 5.56 Å². The number of anilines is 2. The van der Waals surface area contributed by atoms with E-state index in [-0.39, 0.29) is 5.75 Å². The summed E-state index contributed by atoms with van der Waals surface area (Å²) < 4.78 is 0. The summed E-state index contributed by atoms with van der Waals surface area (Å²) in [5.41, 5.74) is 2.50. The maximum absolute atomic E-state index is 9.78. The normalized spacial score (nSPS) is 10.4. The zero-order valence-electron chi connectivity index (χ0n) is 11.3. The van der Waals surface area contributed by atoms with Crippen molar-refractivity contribution in [3.05, 3.63) is 52.0 Å². The first-order chi connectivity index (χ1) is 9.49. The van der Waals surface area contributed by atoms with Gasteiger partial charge in [0.25, 0.3) is 0 Å². The quantitative estimate of drug-likeness (QED) is 0.880. The summed E-state index contributed by atoms with van der Waals surface area (Å²) in [4.78, 5) is 1.95. The molecule has 0 heterocycles. The molecular weight excluding hydrogens is 295 g/mol. The molecule has 106 valence electrons. The Hall–Kier alpha value is -1.58. The number of phenolic OH excluding ortho intramolecular Hbond substituents is 1. The van der Waals surface area contributed by atoms with E-state index in [1.165, 1.54) is 0 Å². The fourth-order valence-electron chi connectivity index (χ4n) is 1.89. The molecule has 0 aromatic heterocycles. The molecule has 20 heavy (non-hydrogen) atoms. The lowest BCUT2D eigenvalue weighted by atomic mass is 10.2. The second kappa shape index (κ2) is 6.25. The van der Waals surface area contributed by atoms with Gasteiger partial charge < -0.3 is 15.3 Å². The highest BCUT2D eigenvalue weighted by molar-refractivity contribution is 6.33.